The fraction of sp³-hybridized carbons (Fsp3) is 1.00. The molecule has 0 saturated heterocycles. The first-order chi connectivity index (χ1) is 6.50. The summed E-state index contributed by atoms with van der Waals surface area (Å²) in [5.41, 5.74) is 4.67. The standard InChI is InChI=1S/C8H18F2N2O2/c1-8(5-11,7(13-2)14-3)12-4-6(9)10/h6-7,12H,4-5,11H2,1-3H3. The van der Waals surface area contributed by atoms with Gasteiger partial charge in [0, 0.05) is 20.8 Å². The molecule has 1 unspecified atom stereocenters. The quantitative estimate of drug-likeness (QED) is 0.591. The van der Waals surface area contributed by atoms with Gasteiger partial charge in [0.05, 0.1) is 12.1 Å². The van der Waals surface area contributed by atoms with Crippen molar-refractivity contribution in [3.8, 4) is 0 Å². The lowest BCUT2D eigenvalue weighted by atomic mass is 10.0. The van der Waals surface area contributed by atoms with Gasteiger partial charge >= 0.3 is 0 Å². The van der Waals surface area contributed by atoms with Crippen molar-refractivity contribution in [3.63, 3.8) is 0 Å². The maximum Gasteiger partial charge on any atom is 0.250 e. The lowest BCUT2D eigenvalue weighted by molar-refractivity contribution is -0.150. The Morgan fingerprint density at radius 3 is 2.14 bits per heavy atom. The van der Waals surface area contributed by atoms with Gasteiger partial charge in [-0.05, 0) is 6.92 Å². The first-order valence-corrected chi connectivity index (χ1v) is 4.29. The SMILES string of the molecule is COC(OC)C(C)(CN)NCC(F)F. The van der Waals surface area contributed by atoms with Crippen LogP contribution in [0.1, 0.15) is 6.92 Å². The van der Waals surface area contributed by atoms with E-state index in [1.165, 1.54) is 14.2 Å². The summed E-state index contributed by atoms with van der Waals surface area (Å²) in [6, 6.07) is 0. The van der Waals surface area contributed by atoms with Crippen molar-refractivity contribution >= 4 is 0 Å². The molecule has 0 heterocycles. The van der Waals surface area contributed by atoms with E-state index in [-0.39, 0.29) is 6.54 Å². The molecule has 0 aromatic carbocycles. The van der Waals surface area contributed by atoms with E-state index in [1.807, 2.05) is 0 Å². The molecule has 6 heteroatoms. The third-order valence-electron chi connectivity index (χ3n) is 2.03. The molecule has 86 valence electrons. The fourth-order valence-electron chi connectivity index (χ4n) is 1.18. The lowest BCUT2D eigenvalue weighted by Gasteiger charge is -2.35. The highest BCUT2D eigenvalue weighted by Crippen LogP contribution is 2.12. The topological polar surface area (TPSA) is 56.5 Å². The van der Waals surface area contributed by atoms with E-state index >= 15 is 0 Å². The second-order valence-corrected chi connectivity index (χ2v) is 3.20. The van der Waals surface area contributed by atoms with Gasteiger partial charge in [0.25, 0.3) is 6.43 Å². The van der Waals surface area contributed by atoms with E-state index in [2.05, 4.69) is 5.32 Å². The largest absolute Gasteiger partial charge is 0.354 e. The Hall–Kier alpha value is -0.300. The van der Waals surface area contributed by atoms with Crippen LogP contribution in [-0.2, 0) is 9.47 Å². The first-order valence-electron chi connectivity index (χ1n) is 4.29. The molecule has 3 N–H and O–H groups in total. The third-order valence-corrected chi connectivity index (χ3v) is 2.03. The number of nitrogens with one attached hydrogen (secondary N) is 1. The summed E-state index contributed by atoms with van der Waals surface area (Å²) in [5.74, 6) is 0. The Morgan fingerprint density at radius 1 is 1.36 bits per heavy atom. The minimum absolute atomic E-state index is 0.145. The van der Waals surface area contributed by atoms with E-state index in [1.54, 1.807) is 6.92 Å². The number of ether oxygens (including phenoxy) is 2. The van der Waals surface area contributed by atoms with Crippen LogP contribution < -0.4 is 11.1 Å². The molecule has 0 aliphatic rings. The Morgan fingerprint density at radius 2 is 1.86 bits per heavy atom. The molecular weight excluding hydrogens is 194 g/mol. The number of methoxy groups -OCH3 is 2. The Balaban J connectivity index is 4.28. The highest BCUT2D eigenvalue weighted by molar-refractivity contribution is 4.88. The molecule has 0 aliphatic heterocycles. The average Bonchev–Trinajstić information content (AvgIpc) is 2.16. The predicted octanol–water partition coefficient (Wildman–Crippen LogP) is 0.177. The minimum Gasteiger partial charge on any atom is -0.354 e. The molecule has 0 rings (SSSR count). The number of hydrogen-bond acceptors (Lipinski definition) is 4. The molecule has 0 aliphatic carbocycles. The van der Waals surface area contributed by atoms with Crippen LogP contribution in [0.15, 0.2) is 0 Å². The van der Waals surface area contributed by atoms with Gasteiger partial charge in [-0.15, -0.1) is 0 Å². The van der Waals surface area contributed by atoms with Gasteiger partial charge in [-0.2, -0.15) is 0 Å². The maximum atomic E-state index is 12.0. The van der Waals surface area contributed by atoms with Crippen LogP contribution in [0.25, 0.3) is 0 Å². The van der Waals surface area contributed by atoms with Crippen LogP contribution in [-0.4, -0.2) is 45.6 Å². The van der Waals surface area contributed by atoms with Crippen LogP contribution in [0.5, 0.6) is 0 Å². The van der Waals surface area contributed by atoms with Gasteiger partial charge < -0.3 is 20.5 Å². The number of nitrogens with two attached hydrogens (primary N) is 1. The van der Waals surface area contributed by atoms with Crippen molar-refractivity contribution in [2.24, 2.45) is 5.73 Å². The van der Waals surface area contributed by atoms with Crippen LogP contribution >= 0.6 is 0 Å². The van der Waals surface area contributed by atoms with Crippen molar-refractivity contribution in [3.05, 3.63) is 0 Å². The zero-order valence-corrected chi connectivity index (χ0v) is 8.72. The summed E-state index contributed by atoms with van der Waals surface area (Å²) in [6.07, 6.45) is -3.07. The van der Waals surface area contributed by atoms with E-state index in [4.69, 9.17) is 15.2 Å². The van der Waals surface area contributed by atoms with E-state index in [0.29, 0.717) is 0 Å². The van der Waals surface area contributed by atoms with Crippen LogP contribution in [0.2, 0.25) is 0 Å². The van der Waals surface area contributed by atoms with E-state index < -0.39 is 24.8 Å². The Kier molecular flexibility index (Phi) is 6.10. The molecule has 0 radical (unpaired) electrons. The van der Waals surface area contributed by atoms with Crippen LogP contribution in [0.4, 0.5) is 8.78 Å². The zero-order valence-electron chi connectivity index (χ0n) is 8.72. The first kappa shape index (κ1) is 13.7. The monoisotopic (exact) mass is 212 g/mol. The summed E-state index contributed by atoms with van der Waals surface area (Å²) >= 11 is 0. The molecular formula is C8H18F2N2O2. The van der Waals surface area contributed by atoms with Crippen molar-refractivity contribution in [1.29, 1.82) is 0 Å². The summed E-state index contributed by atoms with van der Waals surface area (Å²) in [4.78, 5) is 0. The second-order valence-electron chi connectivity index (χ2n) is 3.20. The van der Waals surface area contributed by atoms with Gasteiger partial charge in [-0.1, -0.05) is 0 Å². The van der Waals surface area contributed by atoms with Crippen molar-refractivity contribution < 1.29 is 18.3 Å². The van der Waals surface area contributed by atoms with Gasteiger partial charge in [0.15, 0.2) is 6.29 Å². The molecule has 0 amide bonds. The third kappa shape index (κ3) is 3.83. The van der Waals surface area contributed by atoms with Crippen LogP contribution in [0.3, 0.4) is 0 Å². The number of alkyl halides is 2. The molecule has 0 saturated carbocycles. The van der Waals surface area contributed by atoms with Gasteiger partial charge in [-0.3, -0.25) is 0 Å². The molecule has 1 atom stereocenters. The molecule has 0 fully saturated rings. The zero-order chi connectivity index (χ0) is 11.2. The lowest BCUT2D eigenvalue weighted by Crippen LogP contribution is -2.59. The van der Waals surface area contributed by atoms with Crippen molar-refractivity contribution in [1.82, 2.24) is 5.32 Å². The fourth-order valence-corrected chi connectivity index (χ4v) is 1.18. The van der Waals surface area contributed by atoms with Crippen molar-refractivity contribution in [2.45, 2.75) is 25.2 Å². The number of hydrogen-bond donors (Lipinski definition) is 2. The second kappa shape index (κ2) is 6.23. The Bertz CT molecular complexity index is 156. The summed E-state index contributed by atoms with van der Waals surface area (Å²) in [6.45, 7) is 1.38. The summed E-state index contributed by atoms with van der Waals surface area (Å²) in [7, 11) is 2.87. The normalized spacial score (nSPS) is 16.3. The minimum atomic E-state index is -2.42. The van der Waals surface area contributed by atoms with Gasteiger partial charge in [0.1, 0.15) is 0 Å². The summed E-state index contributed by atoms with van der Waals surface area (Å²) in [5, 5.41) is 2.62. The smallest absolute Gasteiger partial charge is 0.250 e. The van der Waals surface area contributed by atoms with Crippen molar-refractivity contribution in [2.75, 3.05) is 27.3 Å². The predicted molar refractivity (Wildman–Crippen MR) is 49.3 cm³/mol. The molecule has 14 heavy (non-hydrogen) atoms. The molecule has 0 aromatic rings. The van der Waals surface area contributed by atoms with Gasteiger partial charge in [0.2, 0.25) is 0 Å². The molecule has 0 aromatic heterocycles. The van der Waals surface area contributed by atoms with Crippen LogP contribution in [0, 0.1) is 0 Å². The van der Waals surface area contributed by atoms with Gasteiger partial charge in [-0.25, -0.2) is 8.78 Å². The molecule has 0 spiro atoms. The molecule has 4 nitrogen and oxygen atoms in total. The average molecular weight is 212 g/mol. The number of rotatable bonds is 7. The van der Waals surface area contributed by atoms with E-state index in [9.17, 15) is 8.78 Å². The highest BCUT2D eigenvalue weighted by Gasteiger charge is 2.33. The molecule has 0 bridgehead atoms. The van der Waals surface area contributed by atoms with E-state index in [0.717, 1.165) is 0 Å². The summed E-state index contributed by atoms with van der Waals surface area (Å²) < 4.78 is 33.9. The Labute approximate surface area is 82.7 Å². The highest BCUT2D eigenvalue weighted by atomic mass is 19.3. The maximum absolute atomic E-state index is 12.0. The number of halogens is 2.